The lowest BCUT2D eigenvalue weighted by molar-refractivity contribution is -0.0611. The Morgan fingerprint density at radius 2 is 1.47 bits per heavy atom. The molecule has 3 rings (SSSR count). The lowest BCUT2D eigenvalue weighted by atomic mass is 9.93. The van der Waals surface area contributed by atoms with Gasteiger partial charge in [0.25, 0.3) is 11.8 Å². The molecule has 0 spiro atoms. The van der Waals surface area contributed by atoms with Crippen molar-refractivity contribution >= 4 is 24.3 Å². The first-order valence-corrected chi connectivity index (χ1v) is 16.8. The molecule has 3 aromatic carbocycles. The van der Waals surface area contributed by atoms with E-state index in [9.17, 15) is 22.8 Å². The molecule has 7 heteroatoms. The van der Waals surface area contributed by atoms with Crippen LogP contribution in [0.15, 0.2) is 60.7 Å². The highest BCUT2D eigenvalue weighted by Gasteiger charge is 2.20. The number of carbonyl (C=O) groups excluding carboxylic acids is 2. The Labute approximate surface area is 280 Å². The summed E-state index contributed by atoms with van der Waals surface area (Å²) >= 11 is 0. The van der Waals surface area contributed by atoms with Gasteiger partial charge in [0.1, 0.15) is 12.4 Å². The summed E-state index contributed by atoms with van der Waals surface area (Å²) in [5.41, 5.74) is 4.09. The van der Waals surface area contributed by atoms with E-state index in [1.807, 2.05) is 39.0 Å². The Bertz CT molecular complexity index is 1460. The highest BCUT2D eigenvalue weighted by molar-refractivity contribution is 5.95. The summed E-state index contributed by atoms with van der Waals surface area (Å²) in [6, 6.07) is 17.2. The van der Waals surface area contributed by atoms with Crippen molar-refractivity contribution in [2.75, 3.05) is 19.8 Å². The van der Waals surface area contributed by atoms with Crippen LogP contribution in [0.25, 0.3) is 23.8 Å². The molecule has 1 N–H and O–H groups in total. The second kappa shape index (κ2) is 22.0. The molecule has 0 atom stereocenters. The molecule has 0 aliphatic rings. The van der Waals surface area contributed by atoms with Crippen molar-refractivity contribution in [3.05, 3.63) is 93.6 Å². The van der Waals surface area contributed by atoms with Gasteiger partial charge in [0.05, 0.1) is 6.61 Å². The monoisotopic (exact) mass is 653 g/mol. The minimum absolute atomic E-state index is 0.0469. The first-order valence-electron chi connectivity index (χ1n) is 16.8. The molecule has 4 nitrogen and oxygen atoms in total. The largest absolute Gasteiger partial charge is 0.373 e. The number of ether oxygens (including phenoxy) is 1. The topological polar surface area (TPSA) is 55.4 Å². The Balaban J connectivity index is 0.000000513. The molecule has 0 saturated carbocycles. The fourth-order valence-corrected chi connectivity index (χ4v) is 5.15. The van der Waals surface area contributed by atoms with E-state index in [1.165, 1.54) is 44.7 Å². The summed E-state index contributed by atoms with van der Waals surface area (Å²) in [5, 5.41) is 4.67. The van der Waals surface area contributed by atoms with Crippen molar-refractivity contribution in [3.8, 4) is 11.1 Å². The fraction of sp³-hybridized carbons (Fsp3) is 0.450. The maximum atomic E-state index is 12.7. The van der Waals surface area contributed by atoms with Crippen molar-refractivity contribution in [1.82, 2.24) is 5.32 Å². The molecule has 0 saturated heterocycles. The number of halogens is 3. The van der Waals surface area contributed by atoms with E-state index in [-0.39, 0.29) is 30.7 Å². The summed E-state index contributed by atoms with van der Waals surface area (Å²) in [7, 11) is 0. The number of hydrogen-bond donors (Lipinski definition) is 1. The molecule has 0 fully saturated rings. The molecule has 0 aromatic heterocycles. The van der Waals surface area contributed by atoms with Gasteiger partial charge in [0.15, 0.2) is 5.78 Å². The van der Waals surface area contributed by atoms with Gasteiger partial charge in [-0.2, -0.15) is 0 Å². The van der Waals surface area contributed by atoms with Crippen molar-refractivity contribution in [2.24, 2.45) is 5.92 Å². The number of alkyl halides is 2. The molecule has 0 radical (unpaired) electrons. The van der Waals surface area contributed by atoms with E-state index in [1.54, 1.807) is 30.3 Å². The Kier molecular flexibility index (Phi) is 19.3. The lowest BCUT2D eigenvalue weighted by Gasteiger charge is -2.14. The quantitative estimate of drug-likeness (QED) is 0.131. The number of amides is 1. The average molecular weight is 654 g/mol. The molecular weight excluding hydrogens is 599 g/mol. The average Bonchev–Trinajstić information content (AvgIpc) is 3.03. The van der Waals surface area contributed by atoms with Gasteiger partial charge in [-0.1, -0.05) is 108 Å². The second-order valence-corrected chi connectivity index (χ2v) is 11.6. The van der Waals surface area contributed by atoms with Crippen LogP contribution in [0.5, 0.6) is 0 Å². The van der Waals surface area contributed by atoms with Crippen molar-refractivity contribution in [3.63, 3.8) is 0 Å². The van der Waals surface area contributed by atoms with Crippen LogP contribution in [-0.2, 0) is 4.74 Å². The van der Waals surface area contributed by atoms with Crippen molar-refractivity contribution in [2.45, 2.75) is 92.9 Å². The second-order valence-electron chi connectivity index (χ2n) is 11.6. The predicted octanol–water partition coefficient (Wildman–Crippen LogP) is 9.31. The summed E-state index contributed by atoms with van der Waals surface area (Å²) in [4.78, 5) is 23.6. The van der Waals surface area contributed by atoms with Crippen LogP contribution in [0.3, 0.4) is 0 Å². The number of Topliss-reactive ketones (excluding diaryl/α,β-unsaturated/α-hetero) is 1. The van der Waals surface area contributed by atoms with Gasteiger partial charge in [-0.05, 0) is 77.9 Å². The van der Waals surface area contributed by atoms with Crippen LogP contribution in [0.1, 0.15) is 106 Å². The highest BCUT2D eigenvalue weighted by Crippen LogP contribution is 2.21. The molecule has 0 aliphatic heterocycles. The number of rotatable bonds is 15. The van der Waals surface area contributed by atoms with Crippen LogP contribution in [-0.4, -0.2) is 37.4 Å². The van der Waals surface area contributed by atoms with E-state index in [0.29, 0.717) is 11.1 Å². The lowest BCUT2D eigenvalue weighted by Crippen LogP contribution is -2.33. The summed E-state index contributed by atoms with van der Waals surface area (Å²) in [5.74, 6) is -2.53. The van der Waals surface area contributed by atoms with E-state index >= 15 is 0 Å². The van der Waals surface area contributed by atoms with Crippen LogP contribution in [0.4, 0.5) is 13.2 Å². The molecule has 0 unspecified atom stereocenters. The van der Waals surface area contributed by atoms with Crippen LogP contribution < -0.4 is 15.8 Å². The first-order chi connectivity index (χ1) is 22.4. The normalized spacial score (nSPS) is 11.3. The van der Waals surface area contributed by atoms with Gasteiger partial charge in [-0.3, -0.25) is 9.59 Å². The zero-order chi connectivity index (χ0) is 35.4. The number of ketones is 1. The summed E-state index contributed by atoms with van der Waals surface area (Å²) in [6.45, 7) is 16.4. The summed E-state index contributed by atoms with van der Waals surface area (Å²) in [6.07, 6.45) is 9.24. The zero-order valence-corrected chi connectivity index (χ0v) is 29.4. The maximum absolute atomic E-state index is 12.7. The number of benzene rings is 3. The first kappa shape index (κ1) is 41.3. The SMILES string of the molecule is C=c1ccc(C(=O)NCCOCC(C)(F)F)c(C)/c1=C/CCC(CCC)CCC.CC.CC(=O)c1ccc(-c2ccc(F)cc2)cc1. The van der Waals surface area contributed by atoms with Crippen molar-refractivity contribution < 1.29 is 27.5 Å². The van der Waals surface area contributed by atoms with Crippen LogP contribution >= 0.6 is 0 Å². The van der Waals surface area contributed by atoms with Gasteiger partial charge in [0, 0.05) is 24.6 Å². The highest BCUT2D eigenvalue weighted by atomic mass is 19.3. The molecule has 3 aromatic rings. The number of nitrogens with one attached hydrogen (secondary N) is 1. The van der Waals surface area contributed by atoms with Gasteiger partial charge >= 0.3 is 0 Å². The Morgan fingerprint density at radius 3 is 1.98 bits per heavy atom. The third kappa shape index (κ3) is 15.6. The molecule has 47 heavy (non-hydrogen) atoms. The summed E-state index contributed by atoms with van der Waals surface area (Å²) < 4.78 is 43.1. The molecular formula is C40H54F3NO3. The van der Waals surface area contributed by atoms with Gasteiger partial charge < -0.3 is 10.1 Å². The van der Waals surface area contributed by atoms with Crippen molar-refractivity contribution in [1.29, 1.82) is 0 Å². The molecule has 0 aliphatic carbocycles. The predicted molar refractivity (Wildman–Crippen MR) is 190 cm³/mol. The van der Waals surface area contributed by atoms with Gasteiger partial charge in [-0.15, -0.1) is 0 Å². The smallest absolute Gasteiger partial charge is 0.268 e. The Hall–Kier alpha value is -3.71. The van der Waals surface area contributed by atoms with E-state index in [0.717, 1.165) is 52.8 Å². The van der Waals surface area contributed by atoms with Gasteiger partial charge in [-0.25, -0.2) is 13.2 Å². The van der Waals surface area contributed by atoms with Crippen LogP contribution in [0.2, 0.25) is 0 Å². The minimum Gasteiger partial charge on any atom is -0.373 e. The molecule has 258 valence electrons. The third-order valence-electron chi connectivity index (χ3n) is 7.52. The Morgan fingerprint density at radius 1 is 0.915 bits per heavy atom. The minimum atomic E-state index is -2.86. The third-order valence-corrected chi connectivity index (χ3v) is 7.52. The fourth-order valence-electron chi connectivity index (χ4n) is 5.15. The number of carbonyl (C=O) groups is 2. The number of hydrogen-bond acceptors (Lipinski definition) is 3. The molecule has 0 bridgehead atoms. The van der Waals surface area contributed by atoms with Gasteiger partial charge in [0.2, 0.25) is 0 Å². The van der Waals surface area contributed by atoms with Crippen LogP contribution in [0, 0.1) is 18.7 Å². The van der Waals surface area contributed by atoms with E-state index < -0.39 is 12.5 Å². The molecule has 0 heterocycles. The van der Waals surface area contributed by atoms with E-state index in [4.69, 9.17) is 4.74 Å². The van der Waals surface area contributed by atoms with E-state index in [2.05, 4.69) is 31.8 Å². The zero-order valence-electron chi connectivity index (χ0n) is 29.4. The molecule has 1 amide bonds. The standard InChI is InChI=1S/C24H37F2NO2.C14H11FO.C2H6/c1-6-9-20(10-7-2)11-8-12-21-18(3)13-14-22(19(21)4)23(28)27-15-16-29-17-24(5,25)26;1-10(16)11-2-4-12(5-3-11)13-6-8-14(15)9-7-13;1-2/h12-14,20H,3,6-11,15-17H2,1-2,4-5H3,(H,27,28);2-9H,1H3;1-2H3/b21-12+;;. The maximum Gasteiger partial charge on any atom is 0.268 e.